The molecule has 2 aliphatic heterocycles. The SMILES string of the molecule is C[C@@H](CCCCNC[C@@H](O)[C@@H]1C[C@H]2OC(C)(C)O[C@H]2O1)Cc1ccccc1. The van der Waals surface area contributed by atoms with E-state index in [0.717, 1.165) is 19.4 Å². The van der Waals surface area contributed by atoms with Gasteiger partial charge in [0.15, 0.2) is 12.1 Å². The van der Waals surface area contributed by atoms with Gasteiger partial charge in [-0.3, -0.25) is 0 Å². The van der Waals surface area contributed by atoms with Crippen LogP contribution in [0.25, 0.3) is 0 Å². The van der Waals surface area contributed by atoms with Gasteiger partial charge in [-0.2, -0.15) is 0 Å². The molecule has 0 unspecified atom stereocenters. The van der Waals surface area contributed by atoms with Crippen LogP contribution in [0.4, 0.5) is 0 Å². The molecule has 3 rings (SSSR count). The number of hydrogen-bond donors (Lipinski definition) is 2. The second-order valence-corrected chi connectivity index (χ2v) is 8.51. The van der Waals surface area contributed by atoms with Gasteiger partial charge in [0.1, 0.15) is 6.10 Å². The van der Waals surface area contributed by atoms with Gasteiger partial charge >= 0.3 is 0 Å². The molecule has 5 heteroatoms. The second-order valence-electron chi connectivity index (χ2n) is 8.51. The van der Waals surface area contributed by atoms with Crippen LogP contribution in [0.3, 0.4) is 0 Å². The van der Waals surface area contributed by atoms with E-state index in [0.29, 0.717) is 18.9 Å². The molecule has 5 atom stereocenters. The highest BCUT2D eigenvalue weighted by molar-refractivity contribution is 5.14. The van der Waals surface area contributed by atoms with E-state index in [1.165, 1.54) is 18.4 Å². The normalized spacial score (nSPS) is 28.8. The molecule has 0 radical (unpaired) electrons. The minimum atomic E-state index is -0.582. The van der Waals surface area contributed by atoms with Crippen molar-refractivity contribution in [2.75, 3.05) is 13.1 Å². The summed E-state index contributed by atoms with van der Waals surface area (Å²) in [6.07, 6.45) is 4.26. The van der Waals surface area contributed by atoms with Gasteiger partial charge in [0, 0.05) is 13.0 Å². The summed E-state index contributed by atoms with van der Waals surface area (Å²) in [6, 6.07) is 10.7. The first kappa shape index (κ1) is 20.7. The van der Waals surface area contributed by atoms with Crippen LogP contribution in [-0.4, -0.2) is 48.6 Å². The van der Waals surface area contributed by atoms with E-state index in [-0.39, 0.29) is 18.5 Å². The summed E-state index contributed by atoms with van der Waals surface area (Å²) in [6.45, 7) is 7.58. The number of aliphatic hydroxyl groups is 1. The van der Waals surface area contributed by atoms with E-state index >= 15 is 0 Å². The molecule has 0 amide bonds. The van der Waals surface area contributed by atoms with Crippen molar-refractivity contribution in [2.45, 2.75) is 83.3 Å². The minimum Gasteiger partial charge on any atom is -0.389 e. The lowest BCUT2D eigenvalue weighted by Crippen LogP contribution is -2.38. The summed E-state index contributed by atoms with van der Waals surface area (Å²) < 4.78 is 17.3. The smallest absolute Gasteiger partial charge is 0.187 e. The predicted molar refractivity (Wildman–Crippen MR) is 105 cm³/mol. The lowest BCUT2D eigenvalue weighted by molar-refractivity contribution is -0.213. The lowest BCUT2D eigenvalue weighted by atomic mass is 9.96. The summed E-state index contributed by atoms with van der Waals surface area (Å²) >= 11 is 0. The van der Waals surface area contributed by atoms with Crippen LogP contribution < -0.4 is 5.32 Å². The fourth-order valence-electron chi connectivity index (χ4n) is 4.03. The number of hydrogen-bond acceptors (Lipinski definition) is 5. The zero-order valence-electron chi connectivity index (χ0n) is 16.9. The molecule has 27 heavy (non-hydrogen) atoms. The molecule has 5 nitrogen and oxygen atoms in total. The average Bonchev–Trinajstić information content (AvgIpc) is 3.12. The largest absolute Gasteiger partial charge is 0.389 e. The van der Waals surface area contributed by atoms with Crippen LogP contribution in [0.2, 0.25) is 0 Å². The Balaban J connectivity index is 1.22. The van der Waals surface area contributed by atoms with Gasteiger partial charge in [-0.05, 0) is 44.7 Å². The number of benzene rings is 1. The Morgan fingerprint density at radius 1 is 1.19 bits per heavy atom. The second kappa shape index (κ2) is 9.48. The van der Waals surface area contributed by atoms with E-state index in [9.17, 15) is 5.11 Å². The molecule has 0 saturated carbocycles. The standard InChI is InChI=1S/C22H35NO4/c1-16(13-17-10-5-4-6-11-17)9-7-8-12-23-15-18(24)19-14-20-21(25-19)27-22(2,3)26-20/h4-6,10-11,16,18-21,23-24H,7-9,12-15H2,1-3H3/t16-,18+,19-,20+,21+/m0/s1. The molecular weight excluding hydrogens is 342 g/mol. The number of ether oxygens (including phenoxy) is 3. The molecule has 152 valence electrons. The third kappa shape index (κ3) is 6.26. The maximum Gasteiger partial charge on any atom is 0.187 e. The van der Waals surface area contributed by atoms with E-state index in [1.54, 1.807) is 0 Å². The van der Waals surface area contributed by atoms with Crippen LogP contribution in [0.1, 0.15) is 52.0 Å². The molecular formula is C22H35NO4. The van der Waals surface area contributed by atoms with Gasteiger partial charge in [0.2, 0.25) is 0 Å². The maximum absolute atomic E-state index is 10.3. The molecule has 0 spiro atoms. The summed E-state index contributed by atoms with van der Waals surface area (Å²) in [4.78, 5) is 0. The Morgan fingerprint density at radius 3 is 2.70 bits per heavy atom. The molecule has 2 N–H and O–H groups in total. The number of unbranched alkanes of at least 4 members (excludes halogenated alkanes) is 1. The van der Waals surface area contributed by atoms with Crippen molar-refractivity contribution < 1.29 is 19.3 Å². The van der Waals surface area contributed by atoms with Crippen LogP contribution in [-0.2, 0) is 20.6 Å². The van der Waals surface area contributed by atoms with E-state index in [2.05, 4.69) is 42.6 Å². The maximum atomic E-state index is 10.3. The molecule has 1 aromatic carbocycles. The van der Waals surface area contributed by atoms with Crippen LogP contribution >= 0.6 is 0 Å². The Labute approximate surface area is 163 Å². The monoisotopic (exact) mass is 377 g/mol. The van der Waals surface area contributed by atoms with Gasteiger partial charge in [-0.1, -0.05) is 50.1 Å². The molecule has 2 aliphatic rings. The van der Waals surface area contributed by atoms with Crippen molar-refractivity contribution in [3.8, 4) is 0 Å². The van der Waals surface area contributed by atoms with Crippen molar-refractivity contribution in [3.63, 3.8) is 0 Å². The van der Waals surface area contributed by atoms with E-state index < -0.39 is 11.9 Å². The first-order chi connectivity index (χ1) is 12.9. The molecule has 0 bridgehead atoms. The van der Waals surface area contributed by atoms with E-state index in [4.69, 9.17) is 14.2 Å². The molecule has 0 aliphatic carbocycles. The summed E-state index contributed by atoms with van der Waals surface area (Å²) in [5.74, 6) is 0.120. The lowest BCUT2D eigenvalue weighted by Gasteiger charge is -2.23. The summed E-state index contributed by atoms with van der Waals surface area (Å²) in [5.41, 5.74) is 1.42. The minimum absolute atomic E-state index is 0.0641. The number of aliphatic hydroxyl groups excluding tert-OH is 1. The van der Waals surface area contributed by atoms with Gasteiger partial charge in [-0.25, -0.2) is 0 Å². The first-order valence-electron chi connectivity index (χ1n) is 10.4. The topological polar surface area (TPSA) is 60.0 Å². The van der Waals surface area contributed by atoms with E-state index in [1.807, 2.05) is 13.8 Å². The van der Waals surface area contributed by atoms with Gasteiger partial charge < -0.3 is 24.6 Å². The highest BCUT2D eigenvalue weighted by atomic mass is 16.8. The third-order valence-corrected chi connectivity index (χ3v) is 5.42. The molecule has 2 fully saturated rings. The highest BCUT2D eigenvalue weighted by Gasteiger charge is 2.49. The number of nitrogens with one attached hydrogen (secondary N) is 1. The van der Waals surface area contributed by atoms with Crippen molar-refractivity contribution in [3.05, 3.63) is 35.9 Å². The molecule has 1 aromatic rings. The Kier molecular flexibility index (Phi) is 7.29. The zero-order chi connectivity index (χ0) is 19.3. The van der Waals surface area contributed by atoms with Crippen molar-refractivity contribution in [1.82, 2.24) is 5.32 Å². The fourth-order valence-corrected chi connectivity index (χ4v) is 4.03. The van der Waals surface area contributed by atoms with Crippen molar-refractivity contribution in [2.24, 2.45) is 5.92 Å². The molecule has 2 heterocycles. The Bertz CT molecular complexity index is 549. The molecule has 2 saturated heterocycles. The predicted octanol–water partition coefficient (Wildman–Crippen LogP) is 3.25. The number of rotatable bonds is 10. The van der Waals surface area contributed by atoms with Gasteiger partial charge in [0.25, 0.3) is 0 Å². The van der Waals surface area contributed by atoms with Crippen molar-refractivity contribution >= 4 is 0 Å². The van der Waals surface area contributed by atoms with Crippen LogP contribution in [0, 0.1) is 5.92 Å². The highest BCUT2D eigenvalue weighted by Crippen LogP contribution is 2.37. The summed E-state index contributed by atoms with van der Waals surface area (Å²) in [7, 11) is 0. The van der Waals surface area contributed by atoms with Crippen LogP contribution in [0.15, 0.2) is 30.3 Å². The fraction of sp³-hybridized carbons (Fsp3) is 0.727. The third-order valence-electron chi connectivity index (χ3n) is 5.42. The Morgan fingerprint density at radius 2 is 1.96 bits per heavy atom. The average molecular weight is 378 g/mol. The van der Waals surface area contributed by atoms with Gasteiger partial charge in [0.05, 0.1) is 12.2 Å². The first-order valence-corrected chi connectivity index (χ1v) is 10.4. The van der Waals surface area contributed by atoms with Gasteiger partial charge in [-0.15, -0.1) is 0 Å². The Hall–Kier alpha value is -0.980. The molecule has 0 aromatic heterocycles. The zero-order valence-corrected chi connectivity index (χ0v) is 16.9. The summed E-state index contributed by atoms with van der Waals surface area (Å²) in [5, 5.41) is 13.7. The van der Waals surface area contributed by atoms with Crippen molar-refractivity contribution in [1.29, 1.82) is 0 Å². The quantitative estimate of drug-likeness (QED) is 0.613. The van der Waals surface area contributed by atoms with Crippen LogP contribution in [0.5, 0.6) is 0 Å². The number of fused-ring (bicyclic) bond motifs is 1.